The molecule has 0 aliphatic heterocycles. The minimum absolute atomic E-state index is 0.0236. The highest BCUT2D eigenvalue weighted by Gasteiger charge is 2.13. The van der Waals surface area contributed by atoms with Gasteiger partial charge in [-0.3, -0.25) is 5.32 Å². The van der Waals surface area contributed by atoms with Crippen LogP contribution < -0.4 is 10.6 Å². The summed E-state index contributed by atoms with van der Waals surface area (Å²) in [5.41, 5.74) is 0.0754. The van der Waals surface area contributed by atoms with E-state index in [4.69, 9.17) is 14.9 Å². The lowest BCUT2D eigenvalue weighted by Gasteiger charge is -2.07. The SMILES string of the molecule is O=C(NCCCOCCO)Nc1sccc1C(=O)O. The molecule has 1 aromatic rings. The molecule has 1 aromatic heterocycles. The first-order valence-electron chi connectivity index (χ1n) is 5.69. The summed E-state index contributed by atoms with van der Waals surface area (Å²) in [7, 11) is 0. The third-order valence-electron chi connectivity index (χ3n) is 2.11. The molecule has 0 radical (unpaired) electrons. The Hall–Kier alpha value is -1.64. The summed E-state index contributed by atoms with van der Waals surface area (Å²) in [6.45, 7) is 1.11. The number of anilines is 1. The van der Waals surface area contributed by atoms with Crippen molar-refractivity contribution in [3.8, 4) is 0 Å². The van der Waals surface area contributed by atoms with Crippen molar-refractivity contribution in [3.05, 3.63) is 17.0 Å². The number of carboxylic acid groups (broad SMARTS) is 1. The molecule has 1 rings (SSSR count). The van der Waals surface area contributed by atoms with Gasteiger partial charge in [0.25, 0.3) is 0 Å². The lowest BCUT2D eigenvalue weighted by Crippen LogP contribution is -2.30. The lowest BCUT2D eigenvalue weighted by molar-refractivity contribution is 0.0698. The van der Waals surface area contributed by atoms with Gasteiger partial charge in [-0.05, 0) is 17.9 Å². The predicted molar refractivity (Wildman–Crippen MR) is 70.8 cm³/mol. The van der Waals surface area contributed by atoms with E-state index in [0.29, 0.717) is 24.6 Å². The van der Waals surface area contributed by atoms with E-state index in [1.807, 2.05) is 0 Å². The number of amides is 2. The maximum Gasteiger partial charge on any atom is 0.338 e. The number of hydrogen-bond donors (Lipinski definition) is 4. The van der Waals surface area contributed by atoms with Gasteiger partial charge in [0.1, 0.15) is 5.00 Å². The van der Waals surface area contributed by atoms with Crippen molar-refractivity contribution in [1.82, 2.24) is 5.32 Å². The Morgan fingerprint density at radius 3 is 2.84 bits per heavy atom. The first-order chi connectivity index (χ1) is 9.15. The van der Waals surface area contributed by atoms with Crippen LogP contribution in [-0.4, -0.2) is 48.6 Å². The Kier molecular flexibility index (Phi) is 6.86. The highest BCUT2D eigenvalue weighted by Crippen LogP contribution is 2.22. The molecule has 4 N–H and O–H groups in total. The lowest BCUT2D eigenvalue weighted by atomic mass is 10.3. The zero-order valence-corrected chi connectivity index (χ0v) is 11.0. The quantitative estimate of drug-likeness (QED) is 0.533. The summed E-state index contributed by atoms with van der Waals surface area (Å²) in [4.78, 5) is 22.3. The number of urea groups is 1. The summed E-state index contributed by atoms with van der Waals surface area (Å²) in [5, 5.41) is 24.3. The molecular formula is C11H16N2O5S. The standard InChI is InChI=1S/C11H16N2O5S/c14-4-6-18-5-1-3-12-11(17)13-9-8(10(15)16)2-7-19-9/h2,7,14H,1,3-6H2,(H,15,16)(H2,12,13,17). The topological polar surface area (TPSA) is 108 Å². The molecule has 0 atom stereocenters. The molecule has 0 spiro atoms. The summed E-state index contributed by atoms with van der Waals surface area (Å²) in [6, 6.07) is 0.984. The molecule has 0 aliphatic carbocycles. The fraction of sp³-hybridized carbons (Fsp3) is 0.455. The Labute approximate surface area is 114 Å². The first kappa shape index (κ1) is 15.4. The molecule has 1 heterocycles. The largest absolute Gasteiger partial charge is 0.478 e. The van der Waals surface area contributed by atoms with Crippen LogP contribution in [-0.2, 0) is 4.74 Å². The van der Waals surface area contributed by atoms with Crippen LogP contribution in [0.5, 0.6) is 0 Å². The normalized spacial score (nSPS) is 10.2. The molecule has 0 fully saturated rings. The van der Waals surface area contributed by atoms with Crippen LogP contribution in [0.25, 0.3) is 0 Å². The van der Waals surface area contributed by atoms with Crippen LogP contribution in [0, 0.1) is 0 Å². The van der Waals surface area contributed by atoms with E-state index >= 15 is 0 Å². The van der Waals surface area contributed by atoms with Crippen molar-refractivity contribution in [2.45, 2.75) is 6.42 Å². The van der Waals surface area contributed by atoms with Crippen molar-refractivity contribution in [2.75, 3.05) is 31.7 Å². The molecule has 0 saturated heterocycles. The van der Waals surface area contributed by atoms with Gasteiger partial charge in [0.15, 0.2) is 0 Å². The number of carbonyl (C=O) groups excluding carboxylic acids is 1. The van der Waals surface area contributed by atoms with E-state index in [1.54, 1.807) is 5.38 Å². The summed E-state index contributed by atoms with van der Waals surface area (Å²) in [5.74, 6) is -1.08. The van der Waals surface area contributed by atoms with E-state index in [0.717, 1.165) is 11.3 Å². The zero-order valence-electron chi connectivity index (χ0n) is 10.2. The van der Waals surface area contributed by atoms with Crippen molar-refractivity contribution >= 4 is 28.3 Å². The van der Waals surface area contributed by atoms with Crippen LogP contribution >= 0.6 is 11.3 Å². The van der Waals surface area contributed by atoms with Crippen molar-refractivity contribution in [1.29, 1.82) is 0 Å². The second kappa shape index (κ2) is 8.46. The summed E-state index contributed by atoms with van der Waals surface area (Å²) >= 11 is 1.15. The number of aliphatic hydroxyl groups is 1. The minimum Gasteiger partial charge on any atom is -0.478 e. The smallest absolute Gasteiger partial charge is 0.338 e. The maximum absolute atomic E-state index is 11.5. The van der Waals surface area contributed by atoms with E-state index in [-0.39, 0.29) is 18.8 Å². The van der Waals surface area contributed by atoms with E-state index in [9.17, 15) is 9.59 Å². The Morgan fingerprint density at radius 2 is 2.16 bits per heavy atom. The molecule has 0 saturated carbocycles. The van der Waals surface area contributed by atoms with Gasteiger partial charge >= 0.3 is 12.0 Å². The third-order valence-corrected chi connectivity index (χ3v) is 2.94. The van der Waals surface area contributed by atoms with E-state index in [1.165, 1.54) is 6.07 Å². The van der Waals surface area contributed by atoms with Crippen LogP contribution in [0.4, 0.5) is 9.80 Å². The molecule has 2 amide bonds. The molecule has 0 aromatic carbocycles. The Balaban J connectivity index is 2.24. The van der Waals surface area contributed by atoms with Crippen LogP contribution in [0.3, 0.4) is 0 Å². The van der Waals surface area contributed by atoms with Gasteiger partial charge in [0, 0.05) is 13.2 Å². The number of rotatable bonds is 8. The maximum atomic E-state index is 11.5. The van der Waals surface area contributed by atoms with Crippen LogP contribution in [0.1, 0.15) is 16.8 Å². The Bertz CT molecular complexity index is 421. The fourth-order valence-electron chi connectivity index (χ4n) is 1.26. The van der Waals surface area contributed by atoms with Gasteiger partial charge < -0.3 is 20.3 Å². The number of aliphatic hydroxyl groups excluding tert-OH is 1. The van der Waals surface area contributed by atoms with Crippen molar-refractivity contribution in [2.24, 2.45) is 0 Å². The first-order valence-corrected chi connectivity index (χ1v) is 6.57. The highest BCUT2D eigenvalue weighted by atomic mass is 32.1. The summed E-state index contributed by atoms with van der Waals surface area (Å²) < 4.78 is 5.02. The molecule has 0 unspecified atom stereocenters. The summed E-state index contributed by atoms with van der Waals surface area (Å²) in [6.07, 6.45) is 0.615. The van der Waals surface area contributed by atoms with Crippen LogP contribution in [0.15, 0.2) is 11.4 Å². The molecule has 0 bridgehead atoms. The predicted octanol–water partition coefficient (Wildman–Crippen LogP) is 0.967. The second-order valence-electron chi connectivity index (χ2n) is 3.54. The average molecular weight is 288 g/mol. The van der Waals surface area contributed by atoms with Gasteiger partial charge in [-0.25, -0.2) is 9.59 Å². The van der Waals surface area contributed by atoms with Crippen LogP contribution in [0.2, 0.25) is 0 Å². The van der Waals surface area contributed by atoms with Crippen molar-refractivity contribution < 1.29 is 24.5 Å². The molecule has 19 heavy (non-hydrogen) atoms. The average Bonchev–Trinajstić information content (AvgIpc) is 2.81. The van der Waals surface area contributed by atoms with Gasteiger partial charge in [-0.15, -0.1) is 11.3 Å². The fourth-order valence-corrected chi connectivity index (χ4v) is 2.04. The number of carbonyl (C=O) groups is 2. The Morgan fingerprint density at radius 1 is 1.37 bits per heavy atom. The van der Waals surface area contributed by atoms with Crippen molar-refractivity contribution in [3.63, 3.8) is 0 Å². The third kappa shape index (κ3) is 5.69. The molecule has 8 heteroatoms. The monoisotopic (exact) mass is 288 g/mol. The number of aromatic carboxylic acids is 1. The number of ether oxygens (including phenoxy) is 1. The van der Waals surface area contributed by atoms with E-state index in [2.05, 4.69) is 10.6 Å². The molecular weight excluding hydrogens is 272 g/mol. The minimum atomic E-state index is -1.08. The number of hydrogen-bond acceptors (Lipinski definition) is 5. The molecule has 0 aliphatic rings. The zero-order chi connectivity index (χ0) is 14.1. The van der Waals surface area contributed by atoms with Gasteiger partial charge in [-0.1, -0.05) is 0 Å². The molecule has 106 valence electrons. The second-order valence-corrected chi connectivity index (χ2v) is 4.46. The van der Waals surface area contributed by atoms with Gasteiger partial charge in [-0.2, -0.15) is 0 Å². The highest BCUT2D eigenvalue weighted by molar-refractivity contribution is 7.14. The molecule has 7 nitrogen and oxygen atoms in total. The van der Waals surface area contributed by atoms with Gasteiger partial charge in [0.2, 0.25) is 0 Å². The number of carboxylic acids is 1. The van der Waals surface area contributed by atoms with Gasteiger partial charge in [0.05, 0.1) is 18.8 Å². The van der Waals surface area contributed by atoms with E-state index < -0.39 is 12.0 Å². The number of nitrogens with one attached hydrogen (secondary N) is 2. The number of thiophene rings is 1.